The maximum Gasteiger partial charge on any atom is 0.251 e. The van der Waals surface area contributed by atoms with Crippen molar-refractivity contribution >= 4 is 5.91 Å². The Morgan fingerprint density at radius 3 is 2.46 bits per heavy atom. The minimum atomic E-state index is -0.0695. The molecule has 0 fully saturated rings. The topological polar surface area (TPSA) is 47.6 Å². The Balaban J connectivity index is 2.20. The number of benzene rings is 2. The van der Waals surface area contributed by atoms with Crippen molar-refractivity contribution in [1.82, 2.24) is 5.32 Å². The lowest BCUT2D eigenvalue weighted by Crippen LogP contribution is -2.32. The molecule has 1 N–H and O–H groups in total. The number of nitrogens with one attached hydrogen (secondary N) is 1. The SMILES string of the molecule is CCCC(C)NC(=O)c1ccc(OC)c(COc2ccccc2C(C)(C)C)c1. The molecule has 4 heteroatoms. The number of carbonyl (C=O) groups excluding carboxylic acids is 1. The molecule has 152 valence electrons. The number of amides is 1. The molecule has 0 aliphatic heterocycles. The summed E-state index contributed by atoms with van der Waals surface area (Å²) in [6, 6.07) is 13.7. The number of para-hydroxylation sites is 1. The summed E-state index contributed by atoms with van der Waals surface area (Å²) in [6.45, 7) is 11.0. The molecule has 1 atom stereocenters. The summed E-state index contributed by atoms with van der Waals surface area (Å²) in [5.74, 6) is 1.50. The van der Waals surface area contributed by atoms with Crippen molar-refractivity contribution in [3.63, 3.8) is 0 Å². The van der Waals surface area contributed by atoms with E-state index in [0.717, 1.165) is 29.7 Å². The van der Waals surface area contributed by atoms with E-state index in [4.69, 9.17) is 9.47 Å². The van der Waals surface area contributed by atoms with Crippen LogP contribution in [0.15, 0.2) is 42.5 Å². The highest BCUT2D eigenvalue weighted by Crippen LogP contribution is 2.32. The number of carbonyl (C=O) groups is 1. The molecular weight excluding hydrogens is 350 g/mol. The molecule has 0 spiro atoms. The molecule has 2 rings (SSSR count). The van der Waals surface area contributed by atoms with E-state index in [-0.39, 0.29) is 17.4 Å². The highest BCUT2D eigenvalue weighted by atomic mass is 16.5. The normalized spacial score (nSPS) is 12.4. The third-order valence-corrected chi connectivity index (χ3v) is 4.72. The lowest BCUT2D eigenvalue weighted by Gasteiger charge is -2.23. The fourth-order valence-corrected chi connectivity index (χ4v) is 3.21. The van der Waals surface area contributed by atoms with E-state index in [1.54, 1.807) is 13.2 Å². The van der Waals surface area contributed by atoms with Gasteiger partial charge in [-0.05, 0) is 48.6 Å². The van der Waals surface area contributed by atoms with Gasteiger partial charge in [-0.15, -0.1) is 0 Å². The third kappa shape index (κ3) is 5.75. The number of ether oxygens (including phenoxy) is 2. The first-order valence-electron chi connectivity index (χ1n) is 9.96. The van der Waals surface area contributed by atoms with E-state index in [1.165, 1.54) is 0 Å². The zero-order valence-electron chi connectivity index (χ0n) is 18.0. The van der Waals surface area contributed by atoms with E-state index in [9.17, 15) is 4.79 Å². The second-order valence-electron chi connectivity index (χ2n) is 8.22. The summed E-state index contributed by atoms with van der Waals surface area (Å²) in [5, 5.41) is 3.04. The molecule has 0 radical (unpaired) electrons. The van der Waals surface area contributed by atoms with Crippen molar-refractivity contribution in [2.45, 2.75) is 65.5 Å². The van der Waals surface area contributed by atoms with Crippen molar-refractivity contribution < 1.29 is 14.3 Å². The van der Waals surface area contributed by atoms with Crippen LogP contribution in [0.5, 0.6) is 11.5 Å². The summed E-state index contributed by atoms with van der Waals surface area (Å²) in [6.07, 6.45) is 2.00. The van der Waals surface area contributed by atoms with Gasteiger partial charge in [-0.2, -0.15) is 0 Å². The summed E-state index contributed by atoms with van der Waals surface area (Å²) in [4.78, 5) is 12.5. The molecule has 28 heavy (non-hydrogen) atoms. The third-order valence-electron chi connectivity index (χ3n) is 4.72. The molecule has 0 aromatic heterocycles. The molecule has 1 amide bonds. The van der Waals surface area contributed by atoms with Gasteiger partial charge in [0.25, 0.3) is 5.91 Å². The smallest absolute Gasteiger partial charge is 0.251 e. The maximum atomic E-state index is 12.5. The van der Waals surface area contributed by atoms with Crippen LogP contribution in [0.2, 0.25) is 0 Å². The van der Waals surface area contributed by atoms with Gasteiger partial charge >= 0.3 is 0 Å². The predicted octanol–water partition coefficient (Wildman–Crippen LogP) is 5.49. The Morgan fingerprint density at radius 1 is 1.11 bits per heavy atom. The van der Waals surface area contributed by atoms with Crippen LogP contribution in [0, 0.1) is 0 Å². The van der Waals surface area contributed by atoms with Gasteiger partial charge in [0.05, 0.1) is 7.11 Å². The van der Waals surface area contributed by atoms with Crippen LogP contribution in [0.25, 0.3) is 0 Å². The van der Waals surface area contributed by atoms with Crippen molar-refractivity contribution in [2.75, 3.05) is 7.11 Å². The van der Waals surface area contributed by atoms with E-state index in [1.807, 2.05) is 37.3 Å². The van der Waals surface area contributed by atoms with Gasteiger partial charge in [-0.3, -0.25) is 4.79 Å². The van der Waals surface area contributed by atoms with Gasteiger partial charge in [0.2, 0.25) is 0 Å². The zero-order valence-corrected chi connectivity index (χ0v) is 18.0. The van der Waals surface area contributed by atoms with Gasteiger partial charge in [-0.25, -0.2) is 0 Å². The Bertz CT molecular complexity index is 793. The standard InChI is InChI=1S/C24H33NO3/c1-7-10-17(2)25-23(26)18-13-14-21(27-6)19(15-18)16-28-22-12-9-8-11-20(22)24(3,4)5/h8-9,11-15,17H,7,10,16H2,1-6H3,(H,25,26). The molecule has 1 unspecified atom stereocenters. The Labute approximate surface area is 169 Å². The second-order valence-corrected chi connectivity index (χ2v) is 8.22. The Morgan fingerprint density at radius 2 is 1.82 bits per heavy atom. The number of rotatable bonds is 8. The van der Waals surface area contributed by atoms with Crippen LogP contribution >= 0.6 is 0 Å². The highest BCUT2D eigenvalue weighted by molar-refractivity contribution is 5.94. The predicted molar refractivity (Wildman–Crippen MR) is 114 cm³/mol. The number of hydrogen-bond donors (Lipinski definition) is 1. The fraction of sp³-hybridized carbons (Fsp3) is 0.458. The van der Waals surface area contributed by atoms with E-state index in [0.29, 0.717) is 17.9 Å². The van der Waals surface area contributed by atoms with Crippen LogP contribution in [0.1, 0.15) is 68.9 Å². The summed E-state index contributed by atoms with van der Waals surface area (Å²) in [5.41, 5.74) is 2.60. The van der Waals surface area contributed by atoms with Crippen molar-refractivity contribution in [3.05, 3.63) is 59.2 Å². The zero-order chi connectivity index (χ0) is 20.7. The molecule has 0 bridgehead atoms. The first-order chi connectivity index (χ1) is 13.3. The Hall–Kier alpha value is -2.49. The minimum Gasteiger partial charge on any atom is -0.496 e. The summed E-state index contributed by atoms with van der Waals surface area (Å²) < 4.78 is 11.6. The van der Waals surface area contributed by atoms with Crippen LogP contribution in [0.3, 0.4) is 0 Å². The average Bonchev–Trinajstić information content (AvgIpc) is 2.65. The average molecular weight is 384 g/mol. The number of hydrogen-bond acceptors (Lipinski definition) is 3. The monoisotopic (exact) mass is 383 g/mol. The van der Waals surface area contributed by atoms with Crippen molar-refractivity contribution in [3.8, 4) is 11.5 Å². The van der Waals surface area contributed by atoms with E-state index in [2.05, 4.69) is 39.1 Å². The van der Waals surface area contributed by atoms with Gasteiger partial charge in [0.1, 0.15) is 18.1 Å². The van der Waals surface area contributed by atoms with Gasteiger partial charge in [-0.1, -0.05) is 52.3 Å². The van der Waals surface area contributed by atoms with Crippen LogP contribution < -0.4 is 14.8 Å². The van der Waals surface area contributed by atoms with Crippen molar-refractivity contribution in [1.29, 1.82) is 0 Å². The lowest BCUT2D eigenvalue weighted by atomic mass is 9.86. The molecule has 2 aromatic carbocycles. The van der Waals surface area contributed by atoms with Gasteiger partial charge in [0.15, 0.2) is 0 Å². The Kier molecular flexibility index (Phi) is 7.50. The van der Waals surface area contributed by atoms with Crippen LogP contribution in [-0.4, -0.2) is 19.1 Å². The molecule has 0 heterocycles. The van der Waals surface area contributed by atoms with Crippen molar-refractivity contribution in [2.24, 2.45) is 0 Å². The summed E-state index contributed by atoms with van der Waals surface area (Å²) in [7, 11) is 1.63. The van der Waals surface area contributed by atoms with E-state index < -0.39 is 0 Å². The molecule has 4 nitrogen and oxygen atoms in total. The second kappa shape index (κ2) is 9.63. The van der Waals surface area contributed by atoms with Crippen LogP contribution in [-0.2, 0) is 12.0 Å². The lowest BCUT2D eigenvalue weighted by molar-refractivity contribution is 0.0938. The van der Waals surface area contributed by atoms with E-state index >= 15 is 0 Å². The largest absolute Gasteiger partial charge is 0.496 e. The molecule has 0 aliphatic rings. The molecule has 0 aliphatic carbocycles. The van der Waals surface area contributed by atoms with Gasteiger partial charge in [0, 0.05) is 17.2 Å². The highest BCUT2D eigenvalue weighted by Gasteiger charge is 2.19. The molecule has 0 saturated carbocycles. The summed E-state index contributed by atoms with van der Waals surface area (Å²) >= 11 is 0. The first kappa shape index (κ1) is 21.8. The molecule has 2 aromatic rings. The van der Waals surface area contributed by atoms with Crippen LogP contribution in [0.4, 0.5) is 0 Å². The maximum absolute atomic E-state index is 12.5. The fourth-order valence-electron chi connectivity index (χ4n) is 3.21. The molecule has 0 saturated heterocycles. The minimum absolute atomic E-state index is 0.0160. The number of methoxy groups -OCH3 is 1. The molecular formula is C24H33NO3. The van der Waals surface area contributed by atoms with Gasteiger partial charge < -0.3 is 14.8 Å². The quantitative estimate of drug-likeness (QED) is 0.656. The first-order valence-corrected chi connectivity index (χ1v) is 9.96.